The lowest BCUT2D eigenvalue weighted by molar-refractivity contribution is 0.911. The Morgan fingerprint density at radius 1 is 0.842 bits per heavy atom. The Morgan fingerprint density at radius 2 is 1.58 bits per heavy atom. The van der Waals surface area contributed by atoms with Crippen molar-refractivity contribution in [2.45, 2.75) is 0 Å². The van der Waals surface area contributed by atoms with Crippen molar-refractivity contribution in [3.63, 3.8) is 0 Å². The van der Waals surface area contributed by atoms with Gasteiger partial charge in [0.1, 0.15) is 0 Å². The molecule has 0 unspecified atom stereocenters. The van der Waals surface area contributed by atoms with Gasteiger partial charge in [-0.3, -0.25) is 9.97 Å². The molecule has 4 nitrogen and oxygen atoms in total. The first kappa shape index (κ1) is 10.2. The Morgan fingerprint density at radius 3 is 2.37 bits per heavy atom. The van der Waals surface area contributed by atoms with E-state index in [2.05, 4.69) is 15.1 Å². The van der Waals surface area contributed by atoms with Crippen molar-refractivity contribution in [2.75, 3.05) is 0 Å². The largest absolute Gasteiger partial charge is 0.253 e. The van der Waals surface area contributed by atoms with Crippen molar-refractivity contribution in [1.82, 2.24) is 19.7 Å². The van der Waals surface area contributed by atoms with Gasteiger partial charge in [0.2, 0.25) is 0 Å². The zero-order valence-corrected chi connectivity index (χ0v) is 10.1. The summed E-state index contributed by atoms with van der Waals surface area (Å²) >= 11 is 0. The van der Waals surface area contributed by atoms with Crippen LogP contribution in [0.2, 0.25) is 0 Å². The van der Waals surface area contributed by atoms with Gasteiger partial charge in [0.05, 0.1) is 28.4 Å². The quantitative estimate of drug-likeness (QED) is 0.518. The molecule has 0 atom stereocenters. The second kappa shape index (κ2) is 3.88. The van der Waals surface area contributed by atoms with Crippen molar-refractivity contribution >= 4 is 21.9 Å². The average Bonchev–Trinajstić information content (AvgIpc) is 2.88. The summed E-state index contributed by atoms with van der Waals surface area (Å²) < 4.78 is 1.92. The molecule has 0 radical (unpaired) electrons. The van der Waals surface area contributed by atoms with E-state index in [0.29, 0.717) is 0 Å². The van der Waals surface area contributed by atoms with Gasteiger partial charge in [-0.05, 0) is 24.3 Å². The van der Waals surface area contributed by atoms with Crippen molar-refractivity contribution < 1.29 is 0 Å². The Labute approximate surface area is 109 Å². The molecule has 0 aliphatic carbocycles. The maximum Gasteiger partial charge on any atom is 0.0908 e. The fraction of sp³-hybridized carbons (Fsp3) is 0. The van der Waals surface area contributed by atoms with Crippen molar-refractivity contribution in [3.8, 4) is 5.69 Å². The minimum Gasteiger partial charge on any atom is -0.253 e. The minimum absolute atomic E-state index is 0.882. The lowest BCUT2D eigenvalue weighted by Crippen LogP contribution is -1.95. The van der Waals surface area contributed by atoms with Gasteiger partial charge in [-0.2, -0.15) is 5.10 Å². The molecule has 0 N–H and O–H groups in total. The number of para-hydroxylation sites is 1. The molecule has 0 saturated carbocycles. The van der Waals surface area contributed by atoms with Crippen LogP contribution in [0.4, 0.5) is 0 Å². The summed E-state index contributed by atoms with van der Waals surface area (Å²) in [6, 6.07) is 14.1. The van der Waals surface area contributed by atoms with E-state index < -0.39 is 0 Å². The second-order valence-corrected chi connectivity index (χ2v) is 4.35. The van der Waals surface area contributed by atoms with Gasteiger partial charge in [0.25, 0.3) is 0 Å². The van der Waals surface area contributed by atoms with E-state index in [9.17, 15) is 0 Å². The van der Waals surface area contributed by atoms with Crippen LogP contribution in [0, 0.1) is 0 Å². The monoisotopic (exact) mass is 246 g/mol. The average molecular weight is 246 g/mol. The van der Waals surface area contributed by atoms with E-state index >= 15 is 0 Å². The van der Waals surface area contributed by atoms with E-state index in [4.69, 9.17) is 0 Å². The summed E-state index contributed by atoms with van der Waals surface area (Å²) in [5, 5.41) is 5.52. The molecule has 2 heterocycles. The van der Waals surface area contributed by atoms with Gasteiger partial charge in [-0.15, -0.1) is 0 Å². The summed E-state index contributed by atoms with van der Waals surface area (Å²) in [6.45, 7) is 0. The predicted molar refractivity (Wildman–Crippen MR) is 74.2 cm³/mol. The highest BCUT2D eigenvalue weighted by molar-refractivity contribution is 5.93. The zero-order chi connectivity index (χ0) is 12.7. The number of aromatic nitrogens is 4. The van der Waals surface area contributed by atoms with E-state index in [1.54, 1.807) is 12.4 Å². The number of hydrogen-bond acceptors (Lipinski definition) is 3. The molecule has 4 rings (SSSR count). The number of nitrogens with zero attached hydrogens (tertiary/aromatic N) is 4. The third-order valence-corrected chi connectivity index (χ3v) is 3.16. The summed E-state index contributed by atoms with van der Waals surface area (Å²) in [5.74, 6) is 0. The zero-order valence-electron chi connectivity index (χ0n) is 10.1. The third-order valence-electron chi connectivity index (χ3n) is 3.16. The van der Waals surface area contributed by atoms with Crippen LogP contribution >= 0.6 is 0 Å². The lowest BCUT2D eigenvalue weighted by Gasteiger charge is -2.03. The van der Waals surface area contributed by atoms with Crippen LogP contribution in [0.5, 0.6) is 0 Å². The number of hydrogen-bond donors (Lipinski definition) is 0. The van der Waals surface area contributed by atoms with Crippen molar-refractivity contribution in [1.29, 1.82) is 0 Å². The minimum atomic E-state index is 0.882. The standard InChI is InChI=1S/C15H10N4/c1-2-4-12(5-3-1)19-15-9-14-13(16-6-7-17-14)8-11(15)10-18-19/h1-10H. The molecule has 2 aromatic heterocycles. The van der Waals surface area contributed by atoms with Gasteiger partial charge >= 0.3 is 0 Å². The number of rotatable bonds is 1. The Balaban J connectivity index is 2.05. The highest BCUT2D eigenvalue weighted by Crippen LogP contribution is 2.22. The SMILES string of the molecule is c1ccc(-n2ncc3cc4nccnc4cc32)cc1. The molecular weight excluding hydrogens is 236 g/mol. The first-order valence-corrected chi connectivity index (χ1v) is 6.06. The molecule has 0 amide bonds. The summed E-state index contributed by atoms with van der Waals surface area (Å²) in [5.41, 5.74) is 3.86. The van der Waals surface area contributed by atoms with Crippen LogP contribution in [0.1, 0.15) is 0 Å². The van der Waals surface area contributed by atoms with Crippen molar-refractivity contribution in [2.24, 2.45) is 0 Å². The van der Waals surface area contributed by atoms with E-state index in [1.807, 2.05) is 53.3 Å². The van der Waals surface area contributed by atoms with Gasteiger partial charge in [-0.25, -0.2) is 4.68 Å². The molecular formula is C15H10N4. The Hall–Kier alpha value is -2.75. The molecule has 19 heavy (non-hydrogen) atoms. The molecule has 0 fully saturated rings. The molecule has 4 aromatic rings. The number of benzene rings is 2. The first-order valence-electron chi connectivity index (χ1n) is 6.06. The fourth-order valence-electron chi connectivity index (χ4n) is 2.26. The van der Waals surface area contributed by atoms with Crippen LogP contribution in [0.15, 0.2) is 61.1 Å². The smallest absolute Gasteiger partial charge is 0.0908 e. The predicted octanol–water partition coefficient (Wildman–Crippen LogP) is 2.97. The van der Waals surface area contributed by atoms with Crippen molar-refractivity contribution in [3.05, 3.63) is 61.1 Å². The fourth-order valence-corrected chi connectivity index (χ4v) is 2.26. The molecule has 0 aliphatic rings. The maximum atomic E-state index is 4.45. The van der Waals surface area contributed by atoms with Crippen LogP contribution in [0.25, 0.3) is 27.6 Å². The van der Waals surface area contributed by atoms with E-state index in [1.165, 1.54) is 0 Å². The third kappa shape index (κ3) is 1.57. The van der Waals surface area contributed by atoms with Crippen LogP contribution in [-0.2, 0) is 0 Å². The highest BCUT2D eigenvalue weighted by atomic mass is 15.3. The molecule has 0 aliphatic heterocycles. The molecule has 4 heteroatoms. The number of fused-ring (bicyclic) bond motifs is 2. The summed E-state index contributed by atoms with van der Waals surface area (Å²) in [4.78, 5) is 8.66. The molecule has 0 bridgehead atoms. The molecule has 0 saturated heterocycles. The Kier molecular flexibility index (Phi) is 2.08. The molecule has 90 valence electrons. The maximum absolute atomic E-state index is 4.45. The first-order chi connectivity index (χ1) is 9.42. The van der Waals surface area contributed by atoms with Gasteiger partial charge in [-0.1, -0.05) is 18.2 Å². The van der Waals surface area contributed by atoms with E-state index in [0.717, 1.165) is 27.6 Å². The second-order valence-electron chi connectivity index (χ2n) is 4.35. The Bertz CT molecular complexity index is 865. The van der Waals surface area contributed by atoms with Gasteiger partial charge in [0.15, 0.2) is 0 Å². The highest BCUT2D eigenvalue weighted by Gasteiger charge is 2.07. The topological polar surface area (TPSA) is 43.6 Å². The van der Waals surface area contributed by atoms with Crippen LogP contribution in [0.3, 0.4) is 0 Å². The summed E-state index contributed by atoms with van der Waals surface area (Å²) in [7, 11) is 0. The van der Waals surface area contributed by atoms with E-state index in [-0.39, 0.29) is 0 Å². The lowest BCUT2D eigenvalue weighted by atomic mass is 10.2. The van der Waals surface area contributed by atoms with Crippen LogP contribution in [-0.4, -0.2) is 19.7 Å². The normalized spacial score (nSPS) is 11.2. The van der Waals surface area contributed by atoms with Gasteiger partial charge < -0.3 is 0 Å². The van der Waals surface area contributed by atoms with Crippen LogP contribution < -0.4 is 0 Å². The molecule has 0 spiro atoms. The van der Waals surface area contributed by atoms with Gasteiger partial charge in [0, 0.05) is 17.8 Å². The molecule has 2 aromatic carbocycles. The summed E-state index contributed by atoms with van der Waals surface area (Å²) in [6.07, 6.45) is 5.27.